The van der Waals surface area contributed by atoms with Crippen molar-refractivity contribution in [1.29, 1.82) is 0 Å². The van der Waals surface area contributed by atoms with Gasteiger partial charge >= 0.3 is 6.09 Å². The van der Waals surface area contributed by atoms with Crippen molar-refractivity contribution >= 4 is 17.7 Å². The van der Waals surface area contributed by atoms with Crippen molar-refractivity contribution < 1.29 is 23.1 Å². The first-order valence-corrected chi connectivity index (χ1v) is 12.2. The Morgan fingerprint density at radius 3 is 2.22 bits per heavy atom. The number of hydrogen-bond donors (Lipinski definition) is 0. The fourth-order valence-electron chi connectivity index (χ4n) is 5.26. The molecule has 0 aromatic heterocycles. The highest BCUT2D eigenvalue weighted by Crippen LogP contribution is 2.47. The van der Waals surface area contributed by atoms with E-state index >= 15 is 0 Å². The summed E-state index contributed by atoms with van der Waals surface area (Å²) in [6.07, 6.45) is -1.23. The fraction of sp³-hybridized carbons (Fsp3) is 0.310. The summed E-state index contributed by atoms with van der Waals surface area (Å²) >= 11 is 0. The quantitative estimate of drug-likeness (QED) is 0.449. The maximum absolute atomic E-state index is 13.3. The predicted octanol–water partition coefficient (Wildman–Crippen LogP) is 5.88. The van der Waals surface area contributed by atoms with Crippen LogP contribution in [-0.2, 0) is 28.0 Å². The molecule has 0 atom stereocenters. The van der Waals surface area contributed by atoms with Gasteiger partial charge in [-0.3, -0.25) is 4.79 Å². The van der Waals surface area contributed by atoms with Gasteiger partial charge in [-0.2, -0.15) is 0 Å². The van der Waals surface area contributed by atoms with Crippen molar-refractivity contribution in [2.24, 2.45) is 0 Å². The van der Waals surface area contributed by atoms with Gasteiger partial charge in [0.1, 0.15) is 6.61 Å². The van der Waals surface area contributed by atoms with Gasteiger partial charge in [-0.25, -0.2) is 13.6 Å². The Hall–Kier alpha value is -3.74. The number of nitrogens with zero attached hydrogens (tertiary/aromatic N) is 2. The van der Waals surface area contributed by atoms with Crippen LogP contribution < -0.4 is 4.90 Å². The van der Waals surface area contributed by atoms with Crippen molar-refractivity contribution in [2.45, 2.75) is 37.7 Å². The molecule has 36 heavy (non-hydrogen) atoms. The lowest BCUT2D eigenvalue weighted by Gasteiger charge is -2.39. The van der Waals surface area contributed by atoms with Gasteiger partial charge in [-0.05, 0) is 35.6 Å². The number of fused-ring (bicyclic) bond motifs is 2. The molecule has 0 saturated carbocycles. The zero-order valence-corrected chi connectivity index (χ0v) is 19.9. The van der Waals surface area contributed by atoms with Crippen molar-refractivity contribution in [3.63, 3.8) is 0 Å². The van der Waals surface area contributed by atoms with Gasteiger partial charge in [-0.1, -0.05) is 72.8 Å². The molecule has 3 aromatic rings. The van der Waals surface area contributed by atoms with E-state index in [9.17, 15) is 18.4 Å². The second-order valence-electron chi connectivity index (χ2n) is 9.52. The van der Waals surface area contributed by atoms with Crippen LogP contribution in [0.4, 0.5) is 19.3 Å². The first kappa shape index (κ1) is 24.0. The molecule has 7 heteroatoms. The topological polar surface area (TPSA) is 49.9 Å². The number of piperidine rings is 1. The molecule has 5 rings (SSSR count). The summed E-state index contributed by atoms with van der Waals surface area (Å²) in [6, 6.07) is 23.5. The summed E-state index contributed by atoms with van der Waals surface area (Å²) < 4.78 is 31.2. The van der Waals surface area contributed by atoms with E-state index in [4.69, 9.17) is 4.74 Å². The number of likely N-dealkylation sites (tertiary alicyclic amines) is 1. The molecule has 0 radical (unpaired) electrons. The average molecular weight is 491 g/mol. The molecule has 0 N–H and O–H groups in total. The number of para-hydroxylation sites is 1. The van der Waals surface area contributed by atoms with Crippen LogP contribution in [-0.4, -0.2) is 36.5 Å². The van der Waals surface area contributed by atoms with E-state index in [1.54, 1.807) is 17.0 Å². The lowest BCUT2D eigenvalue weighted by atomic mass is 9.74. The van der Waals surface area contributed by atoms with Gasteiger partial charge < -0.3 is 14.5 Å². The molecular formula is C29H28F2N2O3. The summed E-state index contributed by atoms with van der Waals surface area (Å²) in [5.74, 6) is -0.0613. The third-order valence-electron chi connectivity index (χ3n) is 7.30. The molecule has 0 aliphatic carbocycles. The first-order valence-electron chi connectivity index (χ1n) is 12.2. The number of ether oxygens (including phenoxy) is 1. The van der Waals surface area contributed by atoms with Crippen LogP contribution in [0.5, 0.6) is 0 Å². The Labute approximate surface area is 209 Å². The van der Waals surface area contributed by atoms with E-state index in [0.717, 1.165) is 29.7 Å². The molecule has 2 amide bonds. The lowest BCUT2D eigenvalue weighted by Crippen LogP contribution is -2.48. The Bertz CT molecular complexity index is 1220. The fourth-order valence-corrected chi connectivity index (χ4v) is 5.26. The maximum atomic E-state index is 13.3. The molecule has 0 unspecified atom stereocenters. The van der Waals surface area contributed by atoms with Crippen LogP contribution in [0.25, 0.3) is 0 Å². The highest BCUT2D eigenvalue weighted by Gasteiger charge is 2.46. The summed E-state index contributed by atoms with van der Waals surface area (Å²) in [5.41, 5.74) is 3.41. The number of amides is 2. The molecule has 1 saturated heterocycles. The monoisotopic (exact) mass is 490 g/mol. The normalized spacial score (nSPS) is 16.3. The highest BCUT2D eigenvalue weighted by molar-refractivity contribution is 5.97. The molecule has 5 nitrogen and oxygen atoms in total. The smallest absolute Gasteiger partial charge is 0.410 e. The average Bonchev–Trinajstić information content (AvgIpc) is 3.23. The van der Waals surface area contributed by atoms with E-state index in [0.29, 0.717) is 25.2 Å². The number of anilines is 1. The maximum Gasteiger partial charge on any atom is 0.410 e. The van der Waals surface area contributed by atoms with Crippen LogP contribution in [0.2, 0.25) is 0 Å². The summed E-state index contributed by atoms with van der Waals surface area (Å²) in [6.45, 7) is 1.90. The summed E-state index contributed by atoms with van der Waals surface area (Å²) in [7, 11) is 0. The van der Waals surface area contributed by atoms with Gasteiger partial charge in [0.25, 0.3) is 6.43 Å². The number of rotatable bonds is 5. The van der Waals surface area contributed by atoms with Crippen molar-refractivity contribution in [3.05, 3.63) is 101 Å². The van der Waals surface area contributed by atoms with Crippen LogP contribution in [0.1, 0.15) is 41.5 Å². The number of carbonyl (C=O) groups is 2. The molecule has 1 fully saturated rings. The zero-order valence-electron chi connectivity index (χ0n) is 19.9. The summed E-state index contributed by atoms with van der Waals surface area (Å²) in [4.78, 5) is 29.5. The minimum absolute atomic E-state index is 0.0503. The van der Waals surface area contributed by atoms with Gasteiger partial charge in [0, 0.05) is 36.3 Å². The summed E-state index contributed by atoms with van der Waals surface area (Å²) in [5, 5.41) is 0. The largest absolute Gasteiger partial charge is 0.445 e. The molecule has 0 bridgehead atoms. The van der Waals surface area contributed by atoms with Gasteiger partial charge in [-0.15, -0.1) is 0 Å². The second-order valence-corrected chi connectivity index (χ2v) is 9.52. The SMILES string of the molecule is O=C(OCc1ccccc1)N1CCC2(CC1)CN(C(=O)Cc1ccc(C(F)F)cc1)c1ccccc12. The molecule has 186 valence electrons. The number of benzene rings is 3. The minimum atomic E-state index is -2.53. The number of carbonyl (C=O) groups excluding carboxylic acids is 2. The third-order valence-corrected chi connectivity index (χ3v) is 7.30. The minimum Gasteiger partial charge on any atom is -0.445 e. The van der Waals surface area contributed by atoms with Crippen molar-refractivity contribution in [3.8, 4) is 0 Å². The Morgan fingerprint density at radius 2 is 1.53 bits per heavy atom. The van der Waals surface area contributed by atoms with E-state index < -0.39 is 6.43 Å². The lowest BCUT2D eigenvalue weighted by molar-refractivity contribution is -0.118. The first-order chi connectivity index (χ1) is 17.4. The van der Waals surface area contributed by atoms with Gasteiger partial charge in [0.15, 0.2) is 0 Å². The Morgan fingerprint density at radius 1 is 0.861 bits per heavy atom. The number of alkyl halides is 2. The molecule has 2 aliphatic heterocycles. The van der Waals surface area contributed by atoms with E-state index in [2.05, 4.69) is 6.07 Å². The van der Waals surface area contributed by atoms with Gasteiger partial charge in [0.05, 0.1) is 6.42 Å². The highest BCUT2D eigenvalue weighted by atomic mass is 19.3. The number of halogens is 2. The van der Waals surface area contributed by atoms with Crippen molar-refractivity contribution in [1.82, 2.24) is 4.90 Å². The van der Waals surface area contributed by atoms with E-state index in [1.807, 2.05) is 53.4 Å². The molecule has 1 spiro atoms. The van der Waals surface area contributed by atoms with Crippen LogP contribution in [0.3, 0.4) is 0 Å². The standard InChI is InChI=1S/C29H28F2N2O3/c30-27(31)23-12-10-21(11-13-23)18-26(34)33-20-29(24-8-4-5-9-25(24)33)14-16-32(17-15-29)28(35)36-19-22-6-2-1-3-7-22/h1-13,27H,14-20H2. The van der Waals surface area contributed by atoms with Gasteiger partial charge in [0.2, 0.25) is 5.91 Å². The number of hydrogen-bond acceptors (Lipinski definition) is 3. The van der Waals surface area contributed by atoms with E-state index in [1.165, 1.54) is 12.1 Å². The van der Waals surface area contributed by atoms with Crippen LogP contribution in [0, 0.1) is 0 Å². The van der Waals surface area contributed by atoms with Crippen LogP contribution in [0.15, 0.2) is 78.9 Å². The molecule has 2 aliphatic rings. The zero-order chi connectivity index (χ0) is 25.1. The predicted molar refractivity (Wildman–Crippen MR) is 133 cm³/mol. The molecular weight excluding hydrogens is 462 g/mol. The second kappa shape index (κ2) is 10.1. The van der Waals surface area contributed by atoms with Crippen LogP contribution >= 0.6 is 0 Å². The van der Waals surface area contributed by atoms with E-state index in [-0.39, 0.29) is 36.0 Å². The molecule has 3 aromatic carbocycles. The Kier molecular flexibility index (Phi) is 6.72. The third kappa shape index (κ3) is 4.83. The van der Waals surface area contributed by atoms with Crippen molar-refractivity contribution in [2.75, 3.05) is 24.5 Å². The Balaban J connectivity index is 1.24. The molecule has 2 heterocycles.